The van der Waals surface area contributed by atoms with Gasteiger partial charge >= 0.3 is 6.61 Å². The molecule has 0 aliphatic rings. The minimum absolute atomic E-state index is 0.119. The van der Waals surface area contributed by atoms with Gasteiger partial charge in [-0.05, 0) is 53.8 Å². The summed E-state index contributed by atoms with van der Waals surface area (Å²) < 4.78 is 28.4. The number of alkyl halides is 2. The Hall–Kier alpha value is -2.56. The lowest BCUT2D eigenvalue weighted by molar-refractivity contribution is -0.0498. The van der Waals surface area contributed by atoms with E-state index in [9.17, 15) is 8.78 Å². The maximum atomic E-state index is 12.0. The molecule has 0 atom stereocenters. The quantitative estimate of drug-likeness (QED) is 0.491. The molecular formula is C19H20F2N2O. The highest BCUT2D eigenvalue weighted by Crippen LogP contribution is 2.14. The van der Waals surface area contributed by atoms with E-state index in [0.29, 0.717) is 0 Å². The molecule has 0 N–H and O–H groups in total. The lowest BCUT2D eigenvalue weighted by Crippen LogP contribution is -2.01. The van der Waals surface area contributed by atoms with E-state index in [4.69, 9.17) is 0 Å². The normalized spacial score (nSPS) is 11.7. The van der Waals surface area contributed by atoms with Crippen LogP contribution in [0.15, 0.2) is 58.7 Å². The Morgan fingerprint density at radius 1 is 0.917 bits per heavy atom. The molecule has 0 saturated heterocycles. The van der Waals surface area contributed by atoms with Crippen LogP contribution in [-0.4, -0.2) is 19.0 Å². The first-order chi connectivity index (χ1) is 11.7. The zero-order valence-corrected chi connectivity index (χ0v) is 13.5. The molecule has 126 valence electrons. The van der Waals surface area contributed by atoms with Crippen molar-refractivity contribution in [1.82, 2.24) is 0 Å². The van der Waals surface area contributed by atoms with Crippen molar-refractivity contribution in [2.45, 2.75) is 32.8 Å². The van der Waals surface area contributed by atoms with Crippen LogP contribution in [-0.2, 0) is 6.42 Å². The minimum atomic E-state index is -2.82. The van der Waals surface area contributed by atoms with Gasteiger partial charge in [0, 0.05) is 0 Å². The predicted octanol–water partition coefficient (Wildman–Crippen LogP) is 5.08. The number of unbranched alkanes of at least 4 members (excludes halogenated alkanes) is 1. The zero-order chi connectivity index (χ0) is 17.2. The van der Waals surface area contributed by atoms with Crippen molar-refractivity contribution in [3.8, 4) is 5.75 Å². The molecule has 0 aliphatic heterocycles. The lowest BCUT2D eigenvalue weighted by Gasteiger charge is -2.03. The van der Waals surface area contributed by atoms with E-state index >= 15 is 0 Å². The Balaban J connectivity index is 1.87. The predicted molar refractivity (Wildman–Crippen MR) is 93.3 cm³/mol. The second-order valence-corrected chi connectivity index (χ2v) is 5.28. The molecule has 24 heavy (non-hydrogen) atoms. The van der Waals surface area contributed by atoms with E-state index in [0.717, 1.165) is 17.5 Å². The second kappa shape index (κ2) is 9.55. The van der Waals surface area contributed by atoms with Gasteiger partial charge in [0.2, 0.25) is 0 Å². The van der Waals surface area contributed by atoms with Gasteiger partial charge in [-0.2, -0.15) is 19.0 Å². The van der Waals surface area contributed by atoms with Crippen molar-refractivity contribution in [2.24, 2.45) is 10.2 Å². The van der Waals surface area contributed by atoms with E-state index in [2.05, 4.69) is 34.0 Å². The van der Waals surface area contributed by atoms with E-state index < -0.39 is 6.61 Å². The van der Waals surface area contributed by atoms with Crippen molar-refractivity contribution in [2.75, 3.05) is 0 Å². The van der Waals surface area contributed by atoms with Crippen LogP contribution in [0.3, 0.4) is 0 Å². The summed E-state index contributed by atoms with van der Waals surface area (Å²) in [5.74, 6) is 0.119. The van der Waals surface area contributed by atoms with E-state index in [1.165, 1.54) is 30.5 Å². The molecule has 0 saturated carbocycles. The molecule has 0 unspecified atom stereocenters. The van der Waals surface area contributed by atoms with Gasteiger partial charge in [0.1, 0.15) is 5.75 Å². The molecule has 0 fully saturated rings. The zero-order valence-electron chi connectivity index (χ0n) is 13.5. The third-order valence-electron chi connectivity index (χ3n) is 3.38. The van der Waals surface area contributed by atoms with Gasteiger partial charge in [-0.15, -0.1) is 0 Å². The summed E-state index contributed by atoms with van der Waals surface area (Å²) in [6, 6.07) is 14.4. The molecule has 0 aliphatic carbocycles. The number of halogens is 2. The van der Waals surface area contributed by atoms with Crippen LogP contribution in [0, 0.1) is 0 Å². The maximum absolute atomic E-state index is 12.0. The van der Waals surface area contributed by atoms with Crippen LogP contribution < -0.4 is 4.74 Å². The summed E-state index contributed by atoms with van der Waals surface area (Å²) in [6.07, 6.45) is 6.70. The molecule has 0 radical (unpaired) electrons. The molecule has 0 amide bonds. The summed E-state index contributed by atoms with van der Waals surface area (Å²) >= 11 is 0. The van der Waals surface area contributed by atoms with Crippen molar-refractivity contribution in [3.05, 3.63) is 65.2 Å². The molecule has 5 heteroatoms. The van der Waals surface area contributed by atoms with Gasteiger partial charge in [0.05, 0.1) is 12.4 Å². The minimum Gasteiger partial charge on any atom is -0.435 e. The monoisotopic (exact) mass is 330 g/mol. The molecule has 0 heterocycles. The fourth-order valence-corrected chi connectivity index (χ4v) is 2.09. The lowest BCUT2D eigenvalue weighted by atomic mass is 10.1. The number of aryl methyl sites for hydroxylation is 1. The van der Waals surface area contributed by atoms with Crippen molar-refractivity contribution >= 4 is 12.4 Å². The van der Waals surface area contributed by atoms with Crippen molar-refractivity contribution in [3.63, 3.8) is 0 Å². The smallest absolute Gasteiger partial charge is 0.387 e. The Kier molecular flexibility index (Phi) is 7.08. The van der Waals surface area contributed by atoms with Crippen LogP contribution in [0.5, 0.6) is 5.75 Å². The summed E-state index contributed by atoms with van der Waals surface area (Å²) in [4.78, 5) is 0. The van der Waals surface area contributed by atoms with Crippen LogP contribution in [0.25, 0.3) is 0 Å². The third kappa shape index (κ3) is 6.28. The van der Waals surface area contributed by atoms with Crippen LogP contribution >= 0.6 is 0 Å². The number of hydrogen-bond acceptors (Lipinski definition) is 3. The number of benzene rings is 2. The molecule has 0 aromatic heterocycles. The van der Waals surface area contributed by atoms with Crippen molar-refractivity contribution in [1.29, 1.82) is 0 Å². The summed E-state index contributed by atoms with van der Waals surface area (Å²) in [6.45, 7) is -0.638. The highest BCUT2D eigenvalue weighted by molar-refractivity contribution is 5.82. The topological polar surface area (TPSA) is 34.0 Å². The summed E-state index contributed by atoms with van der Waals surface area (Å²) in [5, 5.41) is 7.95. The van der Waals surface area contributed by atoms with Gasteiger partial charge in [0.15, 0.2) is 0 Å². The second-order valence-electron chi connectivity index (χ2n) is 5.28. The number of ether oxygens (including phenoxy) is 1. The Morgan fingerprint density at radius 3 is 1.96 bits per heavy atom. The molecule has 2 aromatic carbocycles. The Labute approximate surface area is 140 Å². The number of hydrogen-bond donors (Lipinski definition) is 0. The van der Waals surface area contributed by atoms with Gasteiger partial charge in [-0.25, -0.2) is 0 Å². The molecule has 3 nitrogen and oxygen atoms in total. The first-order valence-corrected chi connectivity index (χ1v) is 7.87. The van der Waals surface area contributed by atoms with Gasteiger partial charge in [0.25, 0.3) is 0 Å². The van der Waals surface area contributed by atoms with Gasteiger partial charge in [-0.3, -0.25) is 0 Å². The first-order valence-electron chi connectivity index (χ1n) is 7.87. The largest absolute Gasteiger partial charge is 0.435 e. The first kappa shape index (κ1) is 17.8. The van der Waals surface area contributed by atoms with E-state index in [-0.39, 0.29) is 5.75 Å². The fourth-order valence-electron chi connectivity index (χ4n) is 2.09. The standard InChI is InChI=1S/C19H20F2N2O/c1-2-3-4-15-5-7-16(8-6-15)13-22-23-14-17-9-11-18(12-10-17)24-19(20)21/h5-14,19H,2-4H2,1H3. The molecule has 2 aromatic rings. The molecule has 2 rings (SSSR count). The summed E-state index contributed by atoms with van der Waals surface area (Å²) in [5.41, 5.74) is 3.06. The van der Waals surface area contributed by atoms with Gasteiger partial charge in [-0.1, -0.05) is 37.6 Å². The van der Waals surface area contributed by atoms with Crippen LogP contribution in [0.4, 0.5) is 8.78 Å². The molecular weight excluding hydrogens is 310 g/mol. The molecule has 0 bridgehead atoms. The average molecular weight is 330 g/mol. The van der Waals surface area contributed by atoms with Crippen LogP contribution in [0.2, 0.25) is 0 Å². The van der Waals surface area contributed by atoms with Gasteiger partial charge < -0.3 is 4.74 Å². The SMILES string of the molecule is CCCCc1ccc(C=NN=Cc2ccc(OC(F)F)cc2)cc1. The molecule has 0 spiro atoms. The summed E-state index contributed by atoms with van der Waals surface area (Å²) in [7, 11) is 0. The van der Waals surface area contributed by atoms with E-state index in [1.807, 2.05) is 12.1 Å². The highest BCUT2D eigenvalue weighted by Gasteiger charge is 2.02. The highest BCUT2D eigenvalue weighted by atomic mass is 19.3. The van der Waals surface area contributed by atoms with Crippen molar-refractivity contribution < 1.29 is 13.5 Å². The Bertz CT molecular complexity index is 665. The third-order valence-corrected chi connectivity index (χ3v) is 3.38. The maximum Gasteiger partial charge on any atom is 0.387 e. The average Bonchev–Trinajstić information content (AvgIpc) is 2.59. The fraction of sp³-hybridized carbons (Fsp3) is 0.263. The Morgan fingerprint density at radius 2 is 1.46 bits per heavy atom. The van der Waals surface area contributed by atoms with Crippen LogP contribution in [0.1, 0.15) is 36.5 Å². The van der Waals surface area contributed by atoms with E-state index in [1.54, 1.807) is 24.6 Å². The number of nitrogens with zero attached hydrogens (tertiary/aromatic N) is 2. The number of rotatable bonds is 8.